The Labute approximate surface area is 246 Å². The van der Waals surface area contributed by atoms with Crippen molar-refractivity contribution >= 4 is 18.0 Å². The second kappa shape index (κ2) is 13.9. The summed E-state index contributed by atoms with van der Waals surface area (Å²) in [6.07, 6.45) is -2.81. The van der Waals surface area contributed by atoms with Gasteiger partial charge in [0, 0.05) is 57.2 Å². The number of benzene rings is 2. The highest BCUT2D eigenvalue weighted by Gasteiger charge is 2.42. The lowest BCUT2D eigenvalue weighted by Crippen LogP contribution is -2.58. The number of alkyl halides is 3. The Hall–Kier alpha value is -4.07. The second-order valence-electron chi connectivity index (χ2n) is 10.6. The highest BCUT2D eigenvalue weighted by molar-refractivity contribution is 5.76. The molecule has 14 heteroatoms. The topological polar surface area (TPSA) is 109 Å². The molecule has 0 radical (unpaired) electrons. The van der Waals surface area contributed by atoms with E-state index in [1.807, 2.05) is 0 Å². The van der Waals surface area contributed by atoms with Gasteiger partial charge >= 0.3 is 24.4 Å². The van der Waals surface area contributed by atoms with E-state index in [-0.39, 0.29) is 36.1 Å². The van der Waals surface area contributed by atoms with Crippen molar-refractivity contribution in [2.45, 2.75) is 57.8 Å². The van der Waals surface area contributed by atoms with Crippen molar-refractivity contribution in [2.75, 3.05) is 26.7 Å². The van der Waals surface area contributed by atoms with Crippen LogP contribution in [-0.4, -0.2) is 73.0 Å². The number of halogens is 4. The summed E-state index contributed by atoms with van der Waals surface area (Å²) in [5, 5.41) is 5.31. The lowest BCUT2D eigenvalue weighted by molar-refractivity contribution is -0.274. The number of esters is 1. The van der Waals surface area contributed by atoms with Crippen LogP contribution in [0.2, 0.25) is 0 Å². The zero-order chi connectivity index (χ0) is 31.1. The van der Waals surface area contributed by atoms with Crippen molar-refractivity contribution in [3.63, 3.8) is 0 Å². The molecule has 4 rings (SSSR count). The average Bonchev–Trinajstić information content (AvgIpc) is 3.77. The zero-order valence-corrected chi connectivity index (χ0v) is 23.8. The van der Waals surface area contributed by atoms with E-state index in [0.29, 0.717) is 44.5 Å². The fraction of sp³-hybridized carbons (Fsp3) is 0.483. The Morgan fingerprint density at radius 3 is 2.33 bits per heavy atom. The SMILES string of the molecule is CNC(=O)N1CC(COCc2ccc(OC(C)=O)cc2)C[C@@H](N(C(=O)NCc2ccc(OC(F)(F)F)cc2F)C2CC2)C1. The third-order valence-corrected chi connectivity index (χ3v) is 7.08. The van der Waals surface area contributed by atoms with Gasteiger partial charge in [0.1, 0.15) is 17.3 Å². The molecule has 1 saturated heterocycles. The first kappa shape index (κ1) is 31.9. The molecule has 2 N–H and O–H groups in total. The smallest absolute Gasteiger partial charge is 0.427 e. The van der Waals surface area contributed by atoms with Crippen molar-refractivity contribution in [3.8, 4) is 11.5 Å². The van der Waals surface area contributed by atoms with Gasteiger partial charge in [-0.1, -0.05) is 18.2 Å². The van der Waals surface area contributed by atoms with Gasteiger partial charge in [-0.25, -0.2) is 14.0 Å². The van der Waals surface area contributed by atoms with E-state index < -0.39 is 29.9 Å². The van der Waals surface area contributed by atoms with Crippen molar-refractivity contribution in [1.82, 2.24) is 20.4 Å². The molecule has 1 aliphatic heterocycles. The molecule has 1 saturated carbocycles. The van der Waals surface area contributed by atoms with Crippen molar-refractivity contribution < 1.29 is 46.2 Å². The van der Waals surface area contributed by atoms with Crippen LogP contribution in [-0.2, 0) is 22.7 Å². The van der Waals surface area contributed by atoms with Gasteiger partial charge in [0.2, 0.25) is 0 Å². The molecular formula is C29H34F4N4O6. The van der Waals surface area contributed by atoms with E-state index in [2.05, 4.69) is 15.4 Å². The van der Waals surface area contributed by atoms with Gasteiger partial charge in [0.05, 0.1) is 19.3 Å². The summed E-state index contributed by atoms with van der Waals surface area (Å²) in [4.78, 5) is 40.4. The summed E-state index contributed by atoms with van der Waals surface area (Å²) < 4.78 is 66.5. The molecule has 1 heterocycles. The van der Waals surface area contributed by atoms with Gasteiger partial charge in [0.25, 0.3) is 0 Å². The number of hydrogen-bond donors (Lipinski definition) is 2. The molecule has 2 fully saturated rings. The van der Waals surface area contributed by atoms with Gasteiger partial charge in [-0.3, -0.25) is 4.79 Å². The van der Waals surface area contributed by atoms with E-state index in [4.69, 9.17) is 9.47 Å². The molecule has 0 bridgehead atoms. The predicted octanol–water partition coefficient (Wildman–Crippen LogP) is 4.57. The number of nitrogens with zero attached hydrogens (tertiary/aromatic N) is 2. The standard InChI is InChI=1S/C29H34F4N4O6/c1-18(38)42-24-8-3-19(4-9-24)16-41-17-20-11-23(15-36(14-20)27(39)34-2)37(22-6-7-22)28(40)35-13-21-5-10-25(12-26(21)30)43-29(31,32)33/h3-5,8-10,12,20,22-23H,6-7,11,13-17H2,1-2H3,(H,34,39)(H,35,40)/t20?,23-/m1/s1. The maximum Gasteiger partial charge on any atom is 0.573 e. The fourth-order valence-corrected chi connectivity index (χ4v) is 5.10. The summed E-state index contributed by atoms with van der Waals surface area (Å²) >= 11 is 0. The number of carbonyl (C=O) groups excluding carboxylic acids is 3. The Bertz CT molecular complexity index is 1290. The molecule has 2 atom stereocenters. The van der Waals surface area contributed by atoms with E-state index in [1.54, 1.807) is 34.1 Å². The van der Waals surface area contributed by atoms with Gasteiger partial charge in [-0.15, -0.1) is 13.2 Å². The lowest BCUT2D eigenvalue weighted by atomic mass is 9.93. The summed E-state index contributed by atoms with van der Waals surface area (Å²) in [6.45, 7) is 2.44. The van der Waals surface area contributed by atoms with Crippen molar-refractivity contribution in [1.29, 1.82) is 0 Å². The molecule has 4 amide bonds. The third-order valence-electron chi connectivity index (χ3n) is 7.08. The van der Waals surface area contributed by atoms with Crippen LogP contribution in [0.15, 0.2) is 42.5 Å². The van der Waals surface area contributed by atoms with E-state index in [9.17, 15) is 31.9 Å². The fourth-order valence-electron chi connectivity index (χ4n) is 5.10. The summed E-state index contributed by atoms with van der Waals surface area (Å²) in [6, 6.07) is 8.55. The highest BCUT2D eigenvalue weighted by Crippen LogP contribution is 2.33. The molecule has 1 unspecified atom stereocenters. The number of ether oxygens (including phenoxy) is 3. The maximum atomic E-state index is 14.4. The number of likely N-dealkylation sites (tertiary alicyclic amines) is 1. The molecule has 234 valence electrons. The minimum atomic E-state index is -4.95. The summed E-state index contributed by atoms with van der Waals surface area (Å²) in [5.74, 6) is -1.69. The number of piperidine rings is 1. The van der Waals surface area contributed by atoms with Crippen LogP contribution in [0.1, 0.15) is 37.3 Å². The molecule has 0 spiro atoms. The number of urea groups is 2. The van der Waals surface area contributed by atoms with Gasteiger partial charge < -0.3 is 34.6 Å². The molecule has 2 aliphatic rings. The number of rotatable bonds is 10. The van der Waals surface area contributed by atoms with E-state index >= 15 is 0 Å². The molecule has 2 aromatic carbocycles. The molecule has 43 heavy (non-hydrogen) atoms. The minimum absolute atomic E-state index is 0.00131. The summed E-state index contributed by atoms with van der Waals surface area (Å²) in [5.41, 5.74) is 0.872. The minimum Gasteiger partial charge on any atom is -0.427 e. The van der Waals surface area contributed by atoms with E-state index in [0.717, 1.165) is 30.5 Å². The zero-order valence-electron chi connectivity index (χ0n) is 23.8. The van der Waals surface area contributed by atoms with Crippen molar-refractivity contribution in [2.24, 2.45) is 5.92 Å². The monoisotopic (exact) mass is 610 g/mol. The maximum absolute atomic E-state index is 14.4. The van der Waals surface area contributed by atoms with Crippen LogP contribution in [0.4, 0.5) is 27.2 Å². The number of carbonyl (C=O) groups is 3. The molecule has 1 aliphatic carbocycles. The molecular weight excluding hydrogens is 576 g/mol. The Kier molecular flexibility index (Phi) is 10.3. The first-order valence-electron chi connectivity index (χ1n) is 13.8. The van der Waals surface area contributed by atoms with Gasteiger partial charge in [-0.05, 0) is 43.0 Å². The Balaban J connectivity index is 1.37. The highest BCUT2D eigenvalue weighted by atomic mass is 19.4. The van der Waals surface area contributed by atoms with Crippen molar-refractivity contribution in [3.05, 3.63) is 59.4 Å². The average molecular weight is 611 g/mol. The third kappa shape index (κ3) is 9.46. The quantitative estimate of drug-likeness (QED) is 0.232. The van der Waals surface area contributed by atoms with E-state index in [1.165, 1.54) is 14.0 Å². The van der Waals surface area contributed by atoms with Gasteiger partial charge in [-0.2, -0.15) is 0 Å². The number of hydrogen-bond acceptors (Lipinski definition) is 6. The first-order valence-corrected chi connectivity index (χ1v) is 13.8. The lowest BCUT2D eigenvalue weighted by Gasteiger charge is -2.42. The molecule has 0 aromatic heterocycles. The second-order valence-corrected chi connectivity index (χ2v) is 10.6. The molecule has 10 nitrogen and oxygen atoms in total. The summed E-state index contributed by atoms with van der Waals surface area (Å²) in [7, 11) is 1.53. The van der Waals surface area contributed by atoms with Crippen LogP contribution < -0.4 is 20.1 Å². The largest absolute Gasteiger partial charge is 0.573 e. The number of nitrogens with one attached hydrogen (secondary N) is 2. The van der Waals surface area contributed by atoms with Crippen LogP contribution in [0.25, 0.3) is 0 Å². The predicted molar refractivity (Wildman–Crippen MR) is 146 cm³/mol. The van der Waals surface area contributed by atoms with Crippen LogP contribution in [0.3, 0.4) is 0 Å². The van der Waals surface area contributed by atoms with Gasteiger partial charge in [0.15, 0.2) is 0 Å². The normalized spacial score (nSPS) is 18.5. The molecule has 2 aromatic rings. The number of amides is 4. The van der Waals surface area contributed by atoms with Crippen LogP contribution >= 0.6 is 0 Å². The van der Waals surface area contributed by atoms with Crippen LogP contribution in [0.5, 0.6) is 11.5 Å². The first-order chi connectivity index (χ1) is 20.4. The Morgan fingerprint density at radius 2 is 1.72 bits per heavy atom. The van der Waals surface area contributed by atoms with Crippen LogP contribution in [0, 0.1) is 11.7 Å². The Morgan fingerprint density at radius 1 is 1.02 bits per heavy atom.